The summed E-state index contributed by atoms with van der Waals surface area (Å²) in [7, 11) is 2.11. The summed E-state index contributed by atoms with van der Waals surface area (Å²) in [5, 5.41) is 29.3. The quantitative estimate of drug-likeness (QED) is 0.473. The highest BCUT2D eigenvalue weighted by Crippen LogP contribution is 2.32. The Balaban J connectivity index is 0.000000941. The first kappa shape index (κ1) is 23.0. The third kappa shape index (κ3) is 6.64. The van der Waals surface area contributed by atoms with Gasteiger partial charge in [0.15, 0.2) is 0 Å². The van der Waals surface area contributed by atoms with E-state index in [1.807, 2.05) is 12.1 Å². The number of rotatable bonds is 7. The molecule has 8 heteroatoms. The molecule has 2 aromatic heterocycles. The molecule has 3 N–H and O–H groups in total. The van der Waals surface area contributed by atoms with Gasteiger partial charge in [-0.05, 0) is 42.9 Å². The number of carbonyl (C=O) groups is 1. The maximum absolute atomic E-state index is 9.71. The molecule has 0 atom stereocenters. The lowest BCUT2D eigenvalue weighted by Crippen LogP contribution is -2.16. The van der Waals surface area contributed by atoms with Crippen molar-refractivity contribution in [2.24, 2.45) is 0 Å². The highest BCUT2D eigenvalue weighted by atomic mass is 32.1. The number of carboxylic acid groups (broad SMARTS) is 1. The van der Waals surface area contributed by atoms with Crippen LogP contribution in [0.3, 0.4) is 0 Å². The van der Waals surface area contributed by atoms with Gasteiger partial charge in [-0.25, -0.2) is 4.98 Å². The lowest BCUT2D eigenvalue weighted by Gasteiger charge is -2.13. The number of thiazole rings is 1. The second kappa shape index (κ2) is 11.1. The van der Waals surface area contributed by atoms with Gasteiger partial charge in [0.1, 0.15) is 5.75 Å². The minimum Gasteiger partial charge on any atom is -0.508 e. The molecular weight excluding hydrogens is 408 g/mol. The van der Waals surface area contributed by atoms with Gasteiger partial charge in [0.2, 0.25) is 0 Å². The number of hydrogen-bond acceptors (Lipinski definition) is 7. The van der Waals surface area contributed by atoms with Crippen molar-refractivity contribution in [2.75, 3.05) is 7.05 Å². The minimum absolute atomic E-state index is 0.136. The van der Waals surface area contributed by atoms with E-state index in [0.29, 0.717) is 11.5 Å². The van der Waals surface area contributed by atoms with Crippen LogP contribution in [0.4, 0.5) is 0 Å². The van der Waals surface area contributed by atoms with Crippen LogP contribution < -0.4 is 0 Å². The molecule has 2 heterocycles. The Morgan fingerprint density at radius 3 is 2.55 bits per heavy atom. The lowest BCUT2D eigenvalue weighted by atomic mass is 10.1. The van der Waals surface area contributed by atoms with E-state index in [0.717, 1.165) is 29.2 Å². The van der Waals surface area contributed by atoms with E-state index in [1.54, 1.807) is 28.7 Å². The number of phenols is 1. The molecule has 6 nitrogen and oxygen atoms in total. The maximum Gasteiger partial charge on any atom is 0.290 e. The Labute approximate surface area is 178 Å². The summed E-state index contributed by atoms with van der Waals surface area (Å²) in [6.07, 6.45) is 0. The smallest absolute Gasteiger partial charge is 0.290 e. The zero-order valence-electron chi connectivity index (χ0n) is 16.7. The zero-order chi connectivity index (χ0) is 21.4. The highest BCUT2D eigenvalue weighted by Gasteiger charge is 2.11. The number of aliphatic hydroxyl groups is 1. The van der Waals surface area contributed by atoms with Crippen molar-refractivity contribution in [1.82, 2.24) is 9.88 Å². The van der Waals surface area contributed by atoms with Gasteiger partial charge in [-0.1, -0.05) is 13.8 Å². The van der Waals surface area contributed by atoms with Crippen LogP contribution in [0.1, 0.15) is 40.9 Å². The van der Waals surface area contributed by atoms with E-state index in [-0.39, 0.29) is 18.8 Å². The molecule has 0 aliphatic carbocycles. The SMILES string of the molecule is CC(C)c1nc(CN(C)Cc2ccc(-c3ccc(O)c(CO)c3)s2)cs1.O=CO. The molecule has 0 spiro atoms. The van der Waals surface area contributed by atoms with Crippen LogP contribution in [-0.2, 0) is 24.5 Å². The average Bonchev–Trinajstić information content (AvgIpc) is 3.32. The fourth-order valence-corrected chi connectivity index (χ4v) is 4.65. The number of benzene rings is 1. The van der Waals surface area contributed by atoms with Gasteiger partial charge >= 0.3 is 0 Å². The fourth-order valence-electron chi connectivity index (χ4n) is 2.74. The van der Waals surface area contributed by atoms with Crippen LogP contribution in [-0.4, -0.2) is 38.7 Å². The summed E-state index contributed by atoms with van der Waals surface area (Å²) < 4.78 is 0. The number of aromatic nitrogens is 1. The molecule has 29 heavy (non-hydrogen) atoms. The van der Waals surface area contributed by atoms with E-state index < -0.39 is 0 Å². The first-order valence-electron chi connectivity index (χ1n) is 9.10. The van der Waals surface area contributed by atoms with Crippen molar-refractivity contribution in [3.8, 4) is 16.2 Å². The molecule has 0 aliphatic heterocycles. The van der Waals surface area contributed by atoms with Crippen molar-refractivity contribution in [1.29, 1.82) is 0 Å². The van der Waals surface area contributed by atoms with Gasteiger partial charge in [-0.2, -0.15) is 0 Å². The summed E-state index contributed by atoms with van der Waals surface area (Å²) >= 11 is 3.47. The van der Waals surface area contributed by atoms with E-state index in [9.17, 15) is 10.2 Å². The van der Waals surface area contributed by atoms with Gasteiger partial charge in [-0.3, -0.25) is 9.69 Å². The summed E-state index contributed by atoms with van der Waals surface area (Å²) in [5.41, 5.74) is 2.70. The Morgan fingerprint density at radius 2 is 1.93 bits per heavy atom. The third-order valence-corrected chi connectivity index (χ3v) is 6.43. The van der Waals surface area contributed by atoms with E-state index in [4.69, 9.17) is 14.9 Å². The number of nitrogens with zero attached hydrogens (tertiary/aromatic N) is 2. The molecule has 0 aliphatic rings. The molecular formula is C21H26N2O4S2. The molecule has 0 radical (unpaired) electrons. The minimum atomic E-state index is -0.250. The van der Waals surface area contributed by atoms with Crippen molar-refractivity contribution < 1.29 is 20.1 Å². The van der Waals surface area contributed by atoms with Gasteiger partial charge in [0.25, 0.3) is 6.47 Å². The largest absolute Gasteiger partial charge is 0.508 e. The molecule has 3 rings (SSSR count). The molecule has 156 valence electrons. The van der Waals surface area contributed by atoms with Crippen LogP contribution in [0.15, 0.2) is 35.7 Å². The first-order valence-corrected chi connectivity index (χ1v) is 10.8. The monoisotopic (exact) mass is 434 g/mol. The molecule has 0 fully saturated rings. The number of aliphatic hydroxyl groups excluding tert-OH is 1. The van der Waals surface area contributed by atoms with Gasteiger partial charge in [0, 0.05) is 39.7 Å². The van der Waals surface area contributed by atoms with Gasteiger partial charge in [0.05, 0.1) is 17.3 Å². The Kier molecular flexibility index (Phi) is 8.78. The maximum atomic E-state index is 9.71. The van der Waals surface area contributed by atoms with Crippen LogP contribution in [0, 0.1) is 0 Å². The number of hydrogen-bond donors (Lipinski definition) is 3. The number of thiophene rings is 1. The van der Waals surface area contributed by atoms with Gasteiger partial charge in [-0.15, -0.1) is 22.7 Å². The van der Waals surface area contributed by atoms with Crippen LogP contribution in [0.2, 0.25) is 0 Å². The predicted molar refractivity (Wildman–Crippen MR) is 117 cm³/mol. The first-order chi connectivity index (χ1) is 13.9. The summed E-state index contributed by atoms with van der Waals surface area (Å²) in [6, 6.07) is 9.61. The molecule has 0 saturated heterocycles. The molecule has 0 saturated carbocycles. The van der Waals surface area contributed by atoms with Crippen LogP contribution in [0.5, 0.6) is 5.75 Å². The Morgan fingerprint density at radius 1 is 1.21 bits per heavy atom. The van der Waals surface area contributed by atoms with Crippen LogP contribution in [0.25, 0.3) is 10.4 Å². The second-order valence-corrected chi connectivity index (χ2v) is 8.94. The van der Waals surface area contributed by atoms with Crippen molar-refractivity contribution in [2.45, 2.75) is 39.5 Å². The molecule has 1 aromatic carbocycles. The average molecular weight is 435 g/mol. The van der Waals surface area contributed by atoms with E-state index in [1.165, 1.54) is 9.88 Å². The van der Waals surface area contributed by atoms with Crippen molar-refractivity contribution in [3.63, 3.8) is 0 Å². The summed E-state index contributed by atoms with van der Waals surface area (Å²) in [6.45, 7) is 5.64. The molecule has 0 unspecified atom stereocenters. The van der Waals surface area contributed by atoms with Gasteiger partial charge < -0.3 is 15.3 Å². The fraction of sp³-hybridized carbons (Fsp3) is 0.333. The van der Waals surface area contributed by atoms with Crippen LogP contribution >= 0.6 is 22.7 Å². The topological polar surface area (TPSA) is 93.9 Å². The summed E-state index contributed by atoms with van der Waals surface area (Å²) in [4.78, 5) is 17.8. The molecule has 0 bridgehead atoms. The Hall–Kier alpha value is -2.26. The van der Waals surface area contributed by atoms with E-state index >= 15 is 0 Å². The summed E-state index contributed by atoms with van der Waals surface area (Å²) in [5.74, 6) is 0.616. The Bertz CT molecular complexity index is 921. The van der Waals surface area contributed by atoms with Crippen molar-refractivity contribution >= 4 is 29.1 Å². The number of aromatic hydroxyl groups is 1. The third-order valence-electron chi connectivity index (χ3n) is 4.12. The standard InChI is InChI=1S/C20H24N2O2S2.CH2O2/c1-13(2)20-21-16(12-25-20)9-22(3)10-17-5-7-19(26-17)14-4-6-18(24)15(8-14)11-23;2-1-3/h4-8,12-13,23-24H,9-11H2,1-3H3;1H,(H,2,3). The molecule has 3 aromatic rings. The normalized spacial score (nSPS) is 10.8. The lowest BCUT2D eigenvalue weighted by molar-refractivity contribution is -0.122. The molecule has 0 amide bonds. The second-order valence-electron chi connectivity index (χ2n) is 6.88. The predicted octanol–water partition coefficient (Wildman–Crippen LogP) is 4.53. The zero-order valence-corrected chi connectivity index (χ0v) is 18.3. The highest BCUT2D eigenvalue weighted by molar-refractivity contribution is 7.15. The van der Waals surface area contributed by atoms with Crippen molar-refractivity contribution in [3.05, 3.63) is 56.9 Å². The van der Waals surface area contributed by atoms with E-state index in [2.05, 4.69) is 43.3 Å².